The van der Waals surface area contributed by atoms with Gasteiger partial charge in [-0.1, -0.05) is 53.7 Å². The van der Waals surface area contributed by atoms with Crippen LogP contribution in [0.2, 0.25) is 0 Å². The molecule has 8 heteroatoms. The molecule has 2 atom stereocenters. The number of hydrogen-bond donors (Lipinski definition) is 2. The number of rotatable bonds is 1. The van der Waals surface area contributed by atoms with Gasteiger partial charge in [-0.05, 0) is 19.1 Å². The highest BCUT2D eigenvalue weighted by Crippen LogP contribution is 2.48. The van der Waals surface area contributed by atoms with Crippen molar-refractivity contribution in [3.8, 4) is 0 Å². The Morgan fingerprint density at radius 2 is 1.80 bits per heavy atom. The van der Waals surface area contributed by atoms with Gasteiger partial charge in [-0.2, -0.15) is 13.2 Å². The lowest BCUT2D eigenvalue weighted by molar-refractivity contribution is -0.210. The molecule has 0 aromatic heterocycles. The predicted octanol–water partition coefficient (Wildman–Crippen LogP) is 3.92. The molecule has 2 N–H and O–H groups in total. The minimum Gasteiger partial charge on any atom is -0.308 e. The number of hydrogen-bond acceptors (Lipinski definition) is 3. The second-order valence-corrected chi connectivity index (χ2v) is 7.12. The number of carbonyl (C=O) groups excluding carboxylic acids is 1. The number of nitrogens with one attached hydrogen (secondary N) is 2. The van der Waals surface area contributed by atoms with Crippen molar-refractivity contribution in [2.75, 3.05) is 4.90 Å². The fourth-order valence-electron chi connectivity index (χ4n) is 3.08. The van der Waals surface area contributed by atoms with Gasteiger partial charge in [-0.3, -0.25) is 10.2 Å². The summed E-state index contributed by atoms with van der Waals surface area (Å²) in [5, 5.41) is 4.77. The molecule has 25 heavy (non-hydrogen) atoms. The maximum atomic E-state index is 14.0. The quantitative estimate of drug-likeness (QED) is 0.805. The molecule has 1 saturated heterocycles. The third-order valence-corrected chi connectivity index (χ3v) is 5.51. The van der Waals surface area contributed by atoms with E-state index in [2.05, 4.69) is 10.6 Å². The van der Waals surface area contributed by atoms with Crippen molar-refractivity contribution in [2.45, 2.75) is 29.2 Å². The van der Waals surface area contributed by atoms with E-state index < -0.39 is 23.4 Å². The lowest BCUT2D eigenvalue weighted by atomic mass is 9.96. The molecular formula is C17H14F3N3OS. The van der Waals surface area contributed by atoms with Crippen molar-refractivity contribution >= 4 is 23.5 Å². The number of para-hydroxylation sites is 1. The summed E-state index contributed by atoms with van der Waals surface area (Å²) in [4.78, 5) is 14.7. The van der Waals surface area contributed by atoms with Crippen molar-refractivity contribution in [3.63, 3.8) is 0 Å². The Morgan fingerprint density at radius 1 is 1.12 bits per heavy atom. The van der Waals surface area contributed by atoms with Crippen LogP contribution in [0.15, 0.2) is 53.4 Å². The summed E-state index contributed by atoms with van der Waals surface area (Å²) in [5.41, 5.74) is -2.08. The minimum absolute atomic E-state index is 0.0462. The highest BCUT2D eigenvalue weighted by Gasteiger charge is 2.62. The summed E-state index contributed by atoms with van der Waals surface area (Å²) in [6.07, 6.45) is -4.71. The average molecular weight is 365 g/mol. The zero-order chi connectivity index (χ0) is 17.8. The Bertz CT molecular complexity index is 840. The fraction of sp³-hybridized carbons (Fsp3) is 0.235. The van der Waals surface area contributed by atoms with E-state index in [1.165, 1.54) is 28.8 Å². The largest absolute Gasteiger partial charge is 0.429 e. The monoisotopic (exact) mass is 365 g/mol. The second kappa shape index (κ2) is 5.40. The molecule has 130 valence electrons. The van der Waals surface area contributed by atoms with Crippen molar-refractivity contribution in [2.24, 2.45) is 0 Å². The number of amides is 2. The van der Waals surface area contributed by atoms with Gasteiger partial charge in [0, 0.05) is 10.5 Å². The molecule has 2 aliphatic heterocycles. The first-order chi connectivity index (χ1) is 11.8. The lowest BCUT2D eigenvalue weighted by Gasteiger charge is -2.46. The van der Waals surface area contributed by atoms with E-state index in [0.29, 0.717) is 5.69 Å². The van der Waals surface area contributed by atoms with Gasteiger partial charge in [-0.15, -0.1) is 0 Å². The van der Waals surface area contributed by atoms with Crippen LogP contribution in [-0.4, -0.2) is 17.7 Å². The van der Waals surface area contributed by atoms with Crippen molar-refractivity contribution < 1.29 is 18.0 Å². The number of anilines is 1. The standard InChI is InChI=1S/C17H14F3N3OS/c1-10-6-8-11(9-7-10)16(17(18,19)20)21-14(24)23-12-4-2-3-5-13(12)25-15(23)22-16/h2-9,15,22H,1H3,(H,21,24). The molecule has 1 fully saturated rings. The molecule has 2 heterocycles. The molecule has 0 saturated carbocycles. The van der Waals surface area contributed by atoms with Gasteiger partial charge in [0.15, 0.2) is 0 Å². The number of carbonyl (C=O) groups is 1. The van der Waals surface area contributed by atoms with E-state index in [1.807, 2.05) is 0 Å². The van der Waals surface area contributed by atoms with Gasteiger partial charge < -0.3 is 5.32 Å². The normalized spacial score (nSPS) is 25.4. The van der Waals surface area contributed by atoms with Crippen LogP contribution in [0.4, 0.5) is 23.7 Å². The highest BCUT2D eigenvalue weighted by atomic mass is 32.2. The Hall–Kier alpha value is -2.19. The topological polar surface area (TPSA) is 44.4 Å². The fourth-order valence-corrected chi connectivity index (χ4v) is 4.32. The third-order valence-electron chi connectivity index (χ3n) is 4.36. The number of urea groups is 1. The molecule has 4 rings (SSSR count). The van der Waals surface area contributed by atoms with Crippen LogP contribution >= 0.6 is 11.8 Å². The summed E-state index contributed by atoms with van der Waals surface area (Å²) in [6, 6.07) is 12.2. The predicted molar refractivity (Wildman–Crippen MR) is 89.1 cm³/mol. The molecule has 2 aliphatic rings. The van der Waals surface area contributed by atoms with Crippen LogP contribution in [0.1, 0.15) is 11.1 Å². The minimum atomic E-state index is -4.71. The van der Waals surface area contributed by atoms with E-state index in [0.717, 1.165) is 10.5 Å². The smallest absolute Gasteiger partial charge is 0.308 e. The number of halogens is 3. The van der Waals surface area contributed by atoms with E-state index in [-0.39, 0.29) is 5.56 Å². The number of alkyl halides is 3. The van der Waals surface area contributed by atoms with Crippen molar-refractivity contribution in [1.82, 2.24) is 10.6 Å². The Labute approximate surface area is 146 Å². The Balaban J connectivity index is 1.79. The van der Waals surface area contributed by atoms with Crippen LogP contribution < -0.4 is 15.5 Å². The van der Waals surface area contributed by atoms with Crippen LogP contribution in [0.25, 0.3) is 0 Å². The number of aryl methyl sites for hydroxylation is 1. The highest BCUT2D eigenvalue weighted by molar-refractivity contribution is 8.00. The molecular weight excluding hydrogens is 351 g/mol. The first-order valence-corrected chi connectivity index (χ1v) is 8.48. The van der Waals surface area contributed by atoms with Crippen LogP contribution in [0.5, 0.6) is 0 Å². The van der Waals surface area contributed by atoms with Gasteiger partial charge >= 0.3 is 12.2 Å². The molecule has 2 aromatic rings. The molecule has 2 aromatic carbocycles. The molecule has 0 bridgehead atoms. The van der Waals surface area contributed by atoms with Gasteiger partial charge in [0.05, 0.1) is 5.69 Å². The van der Waals surface area contributed by atoms with E-state index in [9.17, 15) is 18.0 Å². The average Bonchev–Trinajstić information content (AvgIpc) is 2.92. The van der Waals surface area contributed by atoms with Crippen LogP contribution in [0.3, 0.4) is 0 Å². The molecule has 2 amide bonds. The number of benzene rings is 2. The summed E-state index contributed by atoms with van der Waals surface area (Å²) < 4.78 is 42.1. The van der Waals surface area contributed by atoms with Crippen molar-refractivity contribution in [3.05, 3.63) is 59.7 Å². The first kappa shape index (κ1) is 16.3. The first-order valence-electron chi connectivity index (χ1n) is 7.60. The maximum absolute atomic E-state index is 14.0. The number of fused-ring (bicyclic) bond motifs is 3. The van der Waals surface area contributed by atoms with E-state index in [4.69, 9.17) is 0 Å². The molecule has 2 unspecified atom stereocenters. The van der Waals surface area contributed by atoms with E-state index >= 15 is 0 Å². The lowest BCUT2D eigenvalue weighted by Crippen LogP contribution is -2.75. The molecule has 0 aliphatic carbocycles. The van der Waals surface area contributed by atoms with Gasteiger partial charge in [-0.25, -0.2) is 4.79 Å². The molecule has 0 spiro atoms. The summed E-state index contributed by atoms with van der Waals surface area (Å²) in [6.45, 7) is 1.79. The second-order valence-electron chi connectivity index (χ2n) is 6.00. The number of nitrogens with zero attached hydrogens (tertiary/aromatic N) is 1. The SMILES string of the molecule is Cc1ccc(C2(C(F)(F)F)NC(=O)N3c4ccccc4SC3N2)cc1. The van der Waals surface area contributed by atoms with Crippen LogP contribution in [-0.2, 0) is 5.66 Å². The summed E-state index contributed by atoms with van der Waals surface area (Å²) >= 11 is 1.19. The van der Waals surface area contributed by atoms with Crippen LogP contribution in [0, 0.1) is 6.92 Å². The van der Waals surface area contributed by atoms with Gasteiger partial charge in [0.1, 0.15) is 5.50 Å². The maximum Gasteiger partial charge on any atom is 0.429 e. The Kier molecular flexibility index (Phi) is 3.52. The Morgan fingerprint density at radius 3 is 2.48 bits per heavy atom. The zero-order valence-corrected chi connectivity index (χ0v) is 13.9. The molecule has 0 radical (unpaired) electrons. The van der Waals surface area contributed by atoms with Crippen molar-refractivity contribution in [1.29, 1.82) is 0 Å². The van der Waals surface area contributed by atoms with Gasteiger partial charge in [0.2, 0.25) is 5.66 Å². The third kappa shape index (κ3) is 2.39. The summed E-state index contributed by atoms with van der Waals surface area (Å²) in [5.74, 6) is 0. The summed E-state index contributed by atoms with van der Waals surface area (Å²) in [7, 11) is 0. The number of thioether (sulfide) groups is 1. The van der Waals surface area contributed by atoms with Gasteiger partial charge in [0.25, 0.3) is 0 Å². The zero-order valence-electron chi connectivity index (χ0n) is 13.1. The molecule has 4 nitrogen and oxygen atoms in total. The van der Waals surface area contributed by atoms with E-state index in [1.54, 1.807) is 43.3 Å².